The highest BCUT2D eigenvalue weighted by Gasteiger charge is 2.35. The number of hydrogen-bond donors (Lipinski definition) is 1. The fraction of sp³-hybridized carbons (Fsp3) is 0.391. The second-order valence-corrected chi connectivity index (χ2v) is 8.06. The SMILES string of the molecule is Cn1cc(CN2CCC[C@](CO)(Cc3ccc(F)cc3)C2)c2ccccc21. The van der Waals surface area contributed by atoms with Gasteiger partial charge in [0.1, 0.15) is 5.82 Å². The van der Waals surface area contributed by atoms with E-state index < -0.39 is 0 Å². The van der Waals surface area contributed by atoms with Gasteiger partial charge in [0.15, 0.2) is 0 Å². The third-order valence-electron chi connectivity index (χ3n) is 5.94. The van der Waals surface area contributed by atoms with Crippen molar-refractivity contribution < 1.29 is 9.50 Å². The minimum atomic E-state index is -0.210. The predicted molar refractivity (Wildman–Crippen MR) is 107 cm³/mol. The molecule has 1 saturated heterocycles. The second-order valence-electron chi connectivity index (χ2n) is 8.06. The molecule has 0 radical (unpaired) electrons. The normalized spacial score (nSPS) is 21.0. The van der Waals surface area contributed by atoms with Crippen LogP contribution in [0.15, 0.2) is 54.7 Å². The monoisotopic (exact) mass is 366 g/mol. The standard InChI is InChI=1S/C23H27FN2O/c1-25-14-19(21-5-2-3-6-22(21)25)15-26-12-4-11-23(16-26,17-27)13-18-7-9-20(24)10-8-18/h2-3,5-10,14,27H,4,11-13,15-17H2,1H3/t23-/m0/s1. The van der Waals surface area contributed by atoms with Crippen LogP contribution < -0.4 is 0 Å². The maximum Gasteiger partial charge on any atom is 0.123 e. The van der Waals surface area contributed by atoms with E-state index in [1.807, 2.05) is 12.1 Å². The van der Waals surface area contributed by atoms with Gasteiger partial charge >= 0.3 is 0 Å². The number of rotatable bonds is 5. The highest BCUT2D eigenvalue weighted by Crippen LogP contribution is 2.34. The van der Waals surface area contributed by atoms with Crippen molar-refractivity contribution >= 4 is 10.9 Å². The van der Waals surface area contributed by atoms with Crippen molar-refractivity contribution in [3.05, 3.63) is 71.7 Å². The highest BCUT2D eigenvalue weighted by atomic mass is 19.1. The molecule has 142 valence electrons. The van der Waals surface area contributed by atoms with Crippen molar-refractivity contribution in [2.45, 2.75) is 25.8 Å². The Morgan fingerprint density at radius 1 is 1.11 bits per heavy atom. The van der Waals surface area contributed by atoms with Crippen molar-refractivity contribution in [1.29, 1.82) is 0 Å². The Morgan fingerprint density at radius 2 is 1.89 bits per heavy atom. The summed E-state index contributed by atoms with van der Waals surface area (Å²) in [4.78, 5) is 2.46. The molecule has 0 aliphatic carbocycles. The van der Waals surface area contributed by atoms with Gasteiger partial charge in [0.2, 0.25) is 0 Å². The fourth-order valence-corrected chi connectivity index (χ4v) is 4.60. The zero-order chi connectivity index (χ0) is 18.9. The van der Waals surface area contributed by atoms with Crippen LogP contribution in [-0.4, -0.2) is 34.3 Å². The molecule has 1 atom stereocenters. The molecular weight excluding hydrogens is 339 g/mol. The number of aliphatic hydroxyl groups is 1. The molecule has 1 fully saturated rings. The molecule has 4 rings (SSSR count). The van der Waals surface area contributed by atoms with Gasteiger partial charge in [-0.1, -0.05) is 30.3 Å². The van der Waals surface area contributed by atoms with Gasteiger partial charge < -0.3 is 9.67 Å². The lowest BCUT2D eigenvalue weighted by Crippen LogP contribution is -2.46. The predicted octanol–water partition coefficient (Wildman–Crippen LogP) is 4.13. The van der Waals surface area contributed by atoms with Crippen LogP contribution >= 0.6 is 0 Å². The highest BCUT2D eigenvalue weighted by molar-refractivity contribution is 5.83. The van der Waals surface area contributed by atoms with Gasteiger partial charge in [-0.3, -0.25) is 4.90 Å². The molecule has 0 unspecified atom stereocenters. The van der Waals surface area contributed by atoms with Crippen molar-refractivity contribution in [2.75, 3.05) is 19.7 Å². The minimum absolute atomic E-state index is 0.152. The number of aryl methyl sites for hydroxylation is 1. The maximum absolute atomic E-state index is 13.2. The molecule has 1 aliphatic heterocycles. The van der Waals surface area contributed by atoms with Gasteiger partial charge in [-0.15, -0.1) is 0 Å². The Bertz CT molecular complexity index is 918. The largest absolute Gasteiger partial charge is 0.396 e. The van der Waals surface area contributed by atoms with Crippen LogP contribution in [0, 0.1) is 11.2 Å². The molecule has 0 spiro atoms. The summed E-state index contributed by atoms with van der Waals surface area (Å²) in [6.07, 6.45) is 5.09. The Balaban J connectivity index is 1.53. The van der Waals surface area contributed by atoms with E-state index in [4.69, 9.17) is 0 Å². The van der Waals surface area contributed by atoms with Gasteiger partial charge in [0, 0.05) is 42.7 Å². The molecular formula is C23H27FN2O. The third-order valence-corrected chi connectivity index (χ3v) is 5.94. The lowest BCUT2D eigenvalue weighted by molar-refractivity contribution is 0.0290. The van der Waals surface area contributed by atoms with E-state index in [1.165, 1.54) is 28.6 Å². The molecule has 1 aliphatic rings. The first-order chi connectivity index (χ1) is 13.1. The van der Waals surface area contributed by atoms with Gasteiger partial charge in [-0.2, -0.15) is 0 Å². The van der Waals surface area contributed by atoms with Crippen LogP contribution in [0.1, 0.15) is 24.0 Å². The van der Waals surface area contributed by atoms with Crippen LogP contribution in [0.4, 0.5) is 4.39 Å². The zero-order valence-corrected chi connectivity index (χ0v) is 15.9. The van der Waals surface area contributed by atoms with Crippen LogP contribution in [-0.2, 0) is 20.0 Å². The number of para-hydroxylation sites is 1. The molecule has 0 amide bonds. The molecule has 2 aromatic carbocycles. The first-order valence-corrected chi connectivity index (χ1v) is 9.69. The first-order valence-electron chi connectivity index (χ1n) is 9.69. The molecule has 1 aromatic heterocycles. The van der Waals surface area contributed by atoms with E-state index in [0.717, 1.165) is 44.5 Å². The molecule has 1 N–H and O–H groups in total. The van der Waals surface area contributed by atoms with Crippen LogP contribution in [0.5, 0.6) is 0 Å². The van der Waals surface area contributed by atoms with Crippen LogP contribution in [0.25, 0.3) is 10.9 Å². The summed E-state index contributed by atoms with van der Waals surface area (Å²) in [7, 11) is 2.09. The smallest absolute Gasteiger partial charge is 0.123 e. The number of likely N-dealkylation sites (tertiary alicyclic amines) is 1. The van der Waals surface area contributed by atoms with Crippen molar-refractivity contribution in [2.24, 2.45) is 12.5 Å². The summed E-state index contributed by atoms with van der Waals surface area (Å²) in [6.45, 7) is 2.97. The lowest BCUT2D eigenvalue weighted by Gasteiger charge is -2.42. The summed E-state index contributed by atoms with van der Waals surface area (Å²) < 4.78 is 15.4. The number of piperidine rings is 1. The summed E-state index contributed by atoms with van der Waals surface area (Å²) in [6, 6.07) is 15.2. The van der Waals surface area contributed by atoms with Gasteiger partial charge in [0.25, 0.3) is 0 Å². The third kappa shape index (κ3) is 3.78. The van der Waals surface area contributed by atoms with E-state index in [1.54, 1.807) is 0 Å². The van der Waals surface area contributed by atoms with Gasteiger partial charge in [0.05, 0.1) is 6.61 Å². The summed E-state index contributed by atoms with van der Waals surface area (Å²) in [5, 5.41) is 11.5. The minimum Gasteiger partial charge on any atom is -0.396 e. The van der Waals surface area contributed by atoms with Gasteiger partial charge in [-0.25, -0.2) is 4.39 Å². The summed E-state index contributed by atoms with van der Waals surface area (Å²) in [5.41, 5.74) is 3.53. The average Bonchev–Trinajstić information content (AvgIpc) is 3.00. The van der Waals surface area contributed by atoms with E-state index in [2.05, 4.69) is 47.0 Å². The molecule has 2 heterocycles. The topological polar surface area (TPSA) is 28.4 Å². The Kier molecular flexibility index (Phi) is 5.02. The Morgan fingerprint density at radius 3 is 2.67 bits per heavy atom. The number of benzene rings is 2. The summed E-state index contributed by atoms with van der Waals surface area (Å²) in [5.74, 6) is -0.210. The fourth-order valence-electron chi connectivity index (χ4n) is 4.60. The number of aromatic nitrogens is 1. The lowest BCUT2D eigenvalue weighted by atomic mass is 9.75. The number of fused-ring (bicyclic) bond motifs is 1. The van der Waals surface area contributed by atoms with Crippen molar-refractivity contribution in [3.63, 3.8) is 0 Å². The van der Waals surface area contributed by atoms with Crippen LogP contribution in [0.3, 0.4) is 0 Å². The first kappa shape index (κ1) is 18.2. The van der Waals surface area contributed by atoms with E-state index in [9.17, 15) is 9.50 Å². The Hall–Kier alpha value is -2.17. The van der Waals surface area contributed by atoms with E-state index >= 15 is 0 Å². The molecule has 4 heteroatoms. The average molecular weight is 366 g/mol. The van der Waals surface area contributed by atoms with Gasteiger partial charge in [-0.05, 0) is 55.1 Å². The van der Waals surface area contributed by atoms with E-state index in [0.29, 0.717) is 0 Å². The maximum atomic E-state index is 13.2. The number of aliphatic hydroxyl groups excluding tert-OH is 1. The number of halogens is 1. The summed E-state index contributed by atoms with van der Waals surface area (Å²) >= 11 is 0. The molecule has 0 bridgehead atoms. The quantitative estimate of drug-likeness (QED) is 0.735. The molecule has 27 heavy (non-hydrogen) atoms. The van der Waals surface area contributed by atoms with E-state index in [-0.39, 0.29) is 17.8 Å². The number of nitrogens with zero attached hydrogens (tertiary/aromatic N) is 2. The molecule has 3 nitrogen and oxygen atoms in total. The zero-order valence-electron chi connectivity index (χ0n) is 15.9. The molecule has 3 aromatic rings. The van der Waals surface area contributed by atoms with Crippen molar-refractivity contribution in [3.8, 4) is 0 Å². The number of hydrogen-bond acceptors (Lipinski definition) is 2. The Labute approximate surface area is 160 Å². The van der Waals surface area contributed by atoms with Crippen molar-refractivity contribution in [1.82, 2.24) is 9.47 Å². The van der Waals surface area contributed by atoms with Crippen LogP contribution in [0.2, 0.25) is 0 Å². The molecule has 0 saturated carbocycles. The second kappa shape index (κ2) is 7.45.